The predicted octanol–water partition coefficient (Wildman–Crippen LogP) is 2.88. The summed E-state index contributed by atoms with van der Waals surface area (Å²) >= 11 is 3.21. The molecule has 0 saturated carbocycles. The molecular formula is C14H15N3O2S2. The summed E-state index contributed by atoms with van der Waals surface area (Å²) in [7, 11) is 0. The Hall–Kier alpha value is -1.47. The molecule has 0 spiro atoms. The van der Waals surface area contributed by atoms with Gasteiger partial charge in [0.05, 0.1) is 17.2 Å². The normalized spacial score (nSPS) is 14.4. The van der Waals surface area contributed by atoms with Crippen molar-refractivity contribution in [3.05, 3.63) is 35.5 Å². The van der Waals surface area contributed by atoms with Gasteiger partial charge in [0.2, 0.25) is 11.8 Å². The number of benzene rings is 1. The summed E-state index contributed by atoms with van der Waals surface area (Å²) in [6.45, 7) is 2.38. The fourth-order valence-corrected chi connectivity index (χ4v) is 3.57. The maximum atomic E-state index is 12.2. The molecule has 21 heavy (non-hydrogen) atoms. The standard InChI is InChI=1S/C14H15N3O2S2/c1-9-3-4-10-11(5-9)21-8-14(18)17(10)6-13-15-12(7-20-2)16-19-13/h3-5H,6-8H2,1-2H3. The molecule has 1 aromatic carbocycles. The number of aryl methyl sites for hydroxylation is 1. The second-order valence-electron chi connectivity index (χ2n) is 4.78. The zero-order valence-corrected chi connectivity index (χ0v) is 13.5. The minimum atomic E-state index is 0.0703. The first-order valence-corrected chi connectivity index (χ1v) is 8.89. The van der Waals surface area contributed by atoms with Crippen LogP contribution >= 0.6 is 23.5 Å². The van der Waals surface area contributed by atoms with Gasteiger partial charge in [0.15, 0.2) is 5.82 Å². The lowest BCUT2D eigenvalue weighted by molar-refractivity contribution is -0.116. The lowest BCUT2D eigenvalue weighted by Gasteiger charge is -2.27. The molecule has 1 amide bonds. The smallest absolute Gasteiger partial charge is 0.246 e. The van der Waals surface area contributed by atoms with Gasteiger partial charge < -0.3 is 9.42 Å². The fraction of sp³-hybridized carbons (Fsp3) is 0.357. The Balaban J connectivity index is 1.85. The molecule has 0 unspecified atom stereocenters. The van der Waals surface area contributed by atoms with E-state index in [0.717, 1.165) is 10.6 Å². The molecule has 2 heterocycles. The van der Waals surface area contributed by atoms with Gasteiger partial charge in [0.25, 0.3) is 0 Å². The van der Waals surface area contributed by atoms with Gasteiger partial charge in [0, 0.05) is 4.90 Å². The first-order chi connectivity index (χ1) is 10.2. The number of carbonyl (C=O) groups excluding carboxylic acids is 1. The van der Waals surface area contributed by atoms with Gasteiger partial charge >= 0.3 is 0 Å². The van der Waals surface area contributed by atoms with Crippen molar-refractivity contribution in [3.63, 3.8) is 0 Å². The zero-order chi connectivity index (χ0) is 14.8. The lowest BCUT2D eigenvalue weighted by atomic mass is 10.2. The Morgan fingerprint density at radius 3 is 3.14 bits per heavy atom. The Morgan fingerprint density at radius 1 is 1.48 bits per heavy atom. The molecule has 3 rings (SSSR count). The quantitative estimate of drug-likeness (QED) is 0.863. The molecule has 1 aromatic heterocycles. The fourth-order valence-electron chi connectivity index (χ4n) is 2.16. The van der Waals surface area contributed by atoms with Crippen LogP contribution in [-0.4, -0.2) is 28.1 Å². The Labute approximate surface area is 131 Å². The van der Waals surface area contributed by atoms with Gasteiger partial charge in [-0.15, -0.1) is 11.8 Å². The summed E-state index contributed by atoms with van der Waals surface area (Å²) in [6.07, 6.45) is 1.99. The molecule has 1 aliphatic heterocycles. The molecule has 0 bridgehead atoms. The molecule has 110 valence electrons. The van der Waals surface area contributed by atoms with Crippen molar-refractivity contribution in [3.8, 4) is 0 Å². The highest BCUT2D eigenvalue weighted by atomic mass is 32.2. The summed E-state index contributed by atoms with van der Waals surface area (Å²) in [6, 6.07) is 6.10. The molecule has 7 heteroatoms. The van der Waals surface area contributed by atoms with Crippen LogP contribution in [0.3, 0.4) is 0 Å². The van der Waals surface area contributed by atoms with E-state index in [-0.39, 0.29) is 5.91 Å². The lowest BCUT2D eigenvalue weighted by Crippen LogP contribution is -2.34. The van der Waals surface area contributed by atoms with Crippen LogP contribution < -0.4 is 4.90 Å². The highest BCUT2D eigenvalue weighted by Gasteiger charge is 2.26. The second-order valence-corrected chi connectivity index (χ2v) is 6.66. The minimum Gasteiger partial charge on any atom is -0.337 e. The number of aromatic nitrogens is 2. The minimum absolute atomic E-state index is 0.0703. The third kappa shape index (κ3) is 3.08. The number of amides is 1. The van der Waals surface area contributed by atoms with Gasteiger partial charge in [-0.1, -0.05) is 11.2 Å². The van der Waals surface area contributed by atoms with Crippen LogP contribution in [0.4, 0.5) is 5.69 Å². The van der Waals surface area contributed by atoms with Gasteiger partial charge in [0.1, 0.15) is 6.54 Å². The highest BCUT2D eigenvalue weighted by Crippen LogP contribution is 2.36. The van der Waals surface area contributed by atoms with E-state index < -0.39 is 0 Å². The first-order valence-electron chi connectivity index (χ1n) is 6.51. The third-order valence-corrected chi connectivity index (χ3v) is 4.71. The van der Waals surface area contributed by atoms with Crippen molar-refractivity contribution in [1.82, 2.24) is 10.1 Å². The number of hydrogen-bond donors (Lipinski definition) is 0. The van der Waals surface area contributed by atoms with Crippen LogP contribution in [0.25, 0.3) is 0 Å². The van der Waals surface area contributed by atoms with E-state index in [4.69, 9.17) is 4.52 Å². The van der Waals surface area contributed by atoms with E-state index >= 15 is 0 Å². The molecule has 5 nitrogen and oxygen atoms in total. The van der Waals surface area contributed by atoms with E-state index in [9.17, 15) is 4.79 Å². The van der Waals surface area contributed by atoms with Gasteiger partial charge in [-0.2, -0.15) is 16.7 Å². The van der Waals surface area contributed by atoms with Crippen LogP contribution in [0.1, 0.15) is 17.3 Å². The van der Waals surface area contributed by atoms with Crippen molar-refractivity contribution >= 4 is 35.1 Å². The topological polar surface area (TPSA) is 59.2 Å². The van der Waals surface area contributed by atoms with E-state index in [2.05, 4.69) is 16.2 Å². The number of nitrogens with zero attached hydrogens (tertiary/aromatic N) is 3. The molecule has 0 saturated heterocycles. The number of carbonyl (C=O) groups is 1. The monoisotopic (exact) mass is 321 g/mol. The highest BCUT2D eigenvalue weighted by molar-refractivity contribution is 8.00. The third-order valence-electron chi connectivity index (χ3n) is 3.14. The predicted molar refractivity (Wildman–Crippen MR) is 84.6 cm³/mol. The number of rotatable bonds is 4. The van der Waals surface area contributed by atoms with Crippen molar-refractivity contribution in [2.45, 2.75) is 24.1 Å². The molecule has 0 atom stereocenters. The largest absolute Gasteiger partial charge is 0.337 e. The van der Waals surface area contributed by atoms with Gasteiger partial charge in [-0.3, -0.25) is 4.79 Å². The summed E-state index contributed by atoms with van der Waals surface area (Å²) in [5.41, 5.74) is 2.11. The molecule has 2 aromatic rings. The van der Waals surface area contributed by atoms with Gasteiger partial charge in [-0.05, 0) is 30.9 Å². The number of thioether (sulfide) groups is 2. The summed E-state index contributed by atoms with van der Waals surface area (Å²) in [5.74, 6) is 2.37. The van der Waals surface area contributed by atoms with E-state index in [0.29, 0.717) is 29.8 Å². The van der Waals surface area contributed by atoms with Crippen LogP contribution in [0.5, 0.6) is 0 Å². The number of hydrogen-bond acceptors (Lipinski definition) is 6. The van der Waals surface area contributed by atoms with Crippen molar-refractivity contribution in [1.29, 1.82) is 0 Å². The summed E-state index contributed by atoms with van der Waals surface area (Å²) in [4.78, 5) is 19.4. The molecule has 0 fully saturated rings. The molecule has 0 aliphatic carbocycles. The van der Waals surface area contributed by atoms with Crippen molar-refractivity contribution in [2.24, 2.45) is 0 Å². The molecular weight excluding hydrogens is 306 g/mol. The summed E-state index contributed by atoms with van der Waals surface area (Å²) in [5, 5.41) is 3.92. The Kier molecular flexibility index (Phi) is 4.21. The number of anilines is 1. The maximum absolute atomic E-state index is 12.2. The van der Waals surface area contributed by atoms with E-state index in [1.165, 1.54) is 5.56 Å². The van der Waals surface area contributed by atoms with Crippen LogP contribution in [0, 0.1) is 6.92 Å². The van der Waals surface area contributed by atoms with E-state index in [1.54, 1.807) is 28.4 Å². The van der Waals surface area contributed by atoms with Gasteiger partial charge in [-0.25, -0.2) is 0 Å². The maximum Gasteiger partial charge on any atom is 0.246 e. The summed E-state index contributed by atoms with van der Waals surface area (Å²) < 4.78 is 5.23. The molecule has 0 radical (unpaired) electrons. The Bertz CT molecular complexity index is 672. The molecule has 0 N–H and O–H groups in total. The second kappa shape index (κ2) is 6.11. The van der Waals surface area contributed by atoms with Crippen molar-refractivity contribution in [2.75, 3.05) is 16.9 Å². The van der Waals surface area contributed by atoms with Crippen LogP contribution in [0.2, 0.25) is 0 Å². The molecule has 1 aliphatic rings. The Morgan fingerprint density at radius 2 is 2.33 bits per heavy atom. The van der Waals surface area contributed by atoms with Crippen LogP contribution in [-0.2, 0) is 17.1 Å². The first kappa shape index (κ1) is 14.5. The van der Waals surface area contributed by atoms with Crippen molar-refractivity contribution < 1.29 is 9.32 Å². The average Bonchev–Trinajstić information content (AvgIpc) is 2.90. The number of fused-ring (bicyclic) bond motifs is 1. The zero-order valence-electron chi connectivity index (χ0n) is 11.8. The van der Waals surface area contributed by atoms with Crippen LogP contribution in [0.15, 0.2) is 27.6 Å². The average molecular weight is 321 g/mol. The SMILES string of the molecule is CSCc1noc(CN2C(=O)CSc3cc(C)ccc32)n1. The van der Waals surface area contributed by atoms with E-state index in [1.807, 2.05) is 25.3 Å².